The van der Waals surface area contributed by atoms with Gasteiger partial charge in [0, 0.05) is 12.3 Å². The molecule has 1 aliphatic carbocycles. The van der Waals surface area contributed by atoms with Crippen LogP contribution in [0.15, 0.2) is 0 Å². The summed E-state index contributed by atoms with van der Waals surface area (Å²) in [6.07, 6.45) is 6.79. The van der Waals surface area contributed by atoms with Gasteiger partial charge in [0.15, 0.2) is 0 Å². The maximum atomic E-state index is 12.0. The summed E-state index contributed by atoms with van der Waals surface area (Å²) in [5, 5.41) is 0. The Hall–Kier alpha value is -0.330. The van der Waals surface area contributed by atoms with Crippen molar-refractivity contribution < 1.29 is 4.79 Å². The van der Waals surface area contributed by atoms with E-state index in [0.29, 0.717) is 17.6 Å². The Morgan fingerprint density at radius 3 is 2.12 bits per heavy atom. The summed E-state index contributed by atoms with van der Waals surface area (Å²) in [5.74, 6) is 3.18. The van der Waals surface area contributed by atoms with E-state index in [1.165, 1.54) is 12.8 Å². The molecule has 0 amide bonds. The molecule has 1 saturated carbocycles. The van der Waals surface area contributed by atoms with Gasteiger partial charge in [0.2, 0.25) is 0 Å². The molecule has 1 heteroatoms. The Morgan fingerprint density at radius 2 is 1.69 bits per heavy atom. The molecule has 16 heavy (non-hydrogen) atoms. The van der Waals surface area contributed by atoms with Gasteiger partial charge in [0.25, 0.3) is 0 Å². The molecule has 1 atom stereocenters. The first kappa shape index (κ1) is 13.7. The van der Waals surface area contributed by atoms with Crippen LogP contribution in [0.5, 0.6) is 0 Å². The molecule has 0 aromatic heterocycles. The summed E-state index contributed by atoms with van der Waals surface area (Å²) >= 11 is 0. The normalized spacial score (nSPS) is 28.1. The minimum absolute atomic E-state index is 0.393. The van der Waals surface area contributed by atoms with Crippen molar-refractivity contribution in [1.82, 2.24) is 0 Å². The Labute approximate surface area is 101 Å². The second kappa shape index (κ2) is 6.42. The van der Waals surface area contributed by atoms with E-state index in [0.717, 1.165) is 37.5 Å². The lowest BCUT2D eigenvalue weighted by Crippen LogP contribution is -2.25. The maximum Gasteiger partial charge on any atom is 0.136 e. The van der Waals surface area contributed by atoms with Crippen LogP contribution < -0.4 is 0 Å². The van der Waals surface area contributed by atoms with Crippen molar-refractivity contribution in [1.29, 1.82) is 0 Å². The van der Waals surface area contributed by atoms with Gasteiger partial charge in [-0.15, -0.1) is 0 Å². The molecule has 1 rings (SSSR count). The number of Topliss-reactive ketones (excluding diaryl/α,β-unsaturated/α-hetero) is 1. The van der Waals surface area contributed by atoms with Crippen LogP contribution in [0.1, 0.15) is 66.2 Å². The number of carbonyl (C=O) groups is 1. The van der Waals surface area contributed by atoms with Crippen molar-refractivity contribution in [2.75, 3.05) is 0 Å². The van der Waals surface area contributed by atoms with E-state index >= 15 is 0 Å². The lowest BCUT2D eigenvalue weighted by Gasteiger charge is -2.30. The van der Waals surface area contributed by atoms with E-state index in [2.05, 4.69) is 27.7 Å². The van der Waals surface area contributed by atoms with Crippen molar-refractivity contribution in [3.63, 3.8) is 0 Å². The Morgan fingerprint density at radius 1 is 1.12 bits per heavy atom. The first-order chi connectivity index (χ1) is 7.54. The molecular weight excluding hydrogens is 196 g/mol. The third-order valence-electron chi connectivity index (χ3n) is 4.42. The number of carbonyl (C=O) groups excluding carboxylic acids is 1. The molecule has 0 aromatic rings. The summed E-state index contributed by atoms with van der Waals surface area (Å²) in [6.45, 7) is 8.99. The molecule has 0 saturated heterocycles. The van der Waals surface area contributed by atoms with E-state index in [4.69, 9.17) is 0 Å². The molecule has 0 aromatic carbocycles. The number of rotatable bonds is 5. The molecule has 1 fully saturated rings. The first-order valence-electron chi connectivity index (χ1n) is 7.07. The van der Waals surface area contributed by atoms with Crippen molar-refractivity contribution in [2.45, 2.75) is 66.2 Å². The van der Waals surface area contributed by atoms with Crippen LogP contribution in [-0.2, 0) is 4.79 Å². The van der Waals surface area contributed by atoms with Crippen LogP contribution in [0.2, 0.25) is 0 Å². The largest absolute Gasteiger partial charge is 0.299 e. The third-order valence-corrected chi connectivity index (χ3v) is 4.42. The fourth-order valence-corrected chi connectivity index (χ4v) is 2.76. The van der Waals surface area contributed by atoms with Crippen LogP contribution in [0.3, 0.4) is 0 Å². The Bertz CT molecular complexity index is 211. The topological polar surface area (TPSA) is 17.1 Å². The zero-order valence-electron chi connectivity index (χ0n) is 11.5. The zero-order valence-corrected chi connectivity index (χ0v) is 11.5. The number of hydrogen-bond donors (Lipinski definition) is 0. The molecule has 0 heterocycles. The highest BCUT2D eigenvalue weighted by Crippen LogP contribution is 2.34. The van der Waals surface area contributed by atoms with Gasteiger partial charge in [-0.05, 0) is 43.4 Å². The maximum absolute atomic E-state index is 12.0. The fourth-order valence-electron chi connectivity index (χ4n) is 2.76. The summed E-state index contributed by atoms with van der Waals surface area (Å²) in [4.78, 5) is 12.0. The van der Waals surface area contributed by atoms with Crippen LogP contribution in [0.25, 0.3) is 0 Å². The predicted octanol–water partition coefficient (Wildman–Crippen LogP) is 4.45. The highest BCUT2D eigenvalue weighted by atomic mass is 16.1. The zero-order chi connectivity index (χ0) is 12.1. The van der Waals surface area contributed by atoms with E-state index in [9.17, 15) is 4.79 Å². The SMILES string of the molecule is CCC(C)CC(=O)C1CCC(C(C)C)CC1. The molecular formula is C15H28O. The van der Waals surface area contributed by atoms with Gasteiger partial charge in [0.1, 0.15) is 5.78 Å². The molecule has 0 radical (unpaired) electrons. The quantitative estimate of drug-likeness (QED) is 0.674. The van der Waals surface area contributed by atoms with Gasteiger partial charge in [-0.1, -0.05) is 34.1 Å². The fraction of sp³-hybridized carbons (Fsp3) is 0.933. The summed E-state index contributed by atoms with van der Waals surface area (Å²) < 4.78 is 0. The molecule has 1 aliphatic rings. The molecule has 1 nitrogen and oxygen atoms in total. The van der Waals surface area contributed by atoms with Crippen LogP contribution in [0.4, 0.5) is 0 Å². The van der Waals surface area contributed by atoms with Crippen molar-refractivity contribution in [2.24, 2.45) is 23.7 Å². The van der Waals surface area contributed by atoms with Crippen molar-refractivity contribution >= 4 is 5.78 Å². The van der Waals surface area contributed by atoms with Crippen LogP contribution in [-0.4, -0.2) is 5.78 Å². The van der Waals surface area contributed by atoms with E-state index in [1.54, 1.807) is 0 Å². The Kier molecular flexibility index (Phi) is 5.51. The second-order valence-corrected chi connectivity index (χ2v) is 6.04. The van der Waals surface area contributed by atoms with Gasteiger partial charge in [-0.2, -0.15) is 0 Å². The van der Waals surface area contributed by atoms with Crippen LogP contribution >= 0.6 is 0 Å². The molecule has 94 valence electrons. The first-order valence-corrected chi connectivity index (χ1v) is 7.07. The smallest absolute Gasteiger partial charge is 0.136 e. The molecule has 0 aliphatic heterocycles. The lowest BCUT2D eigenvalue weighted by atomic mass is 9.74. The number of hydrogen-bond acceptors (Lipinski definition) is 1. The van der Waals surface area contributed by atoms with Gasteiger partial charge in [-0.25, -0.2) is 0 Å². The van der Waals surface area contributed by atoms with Crippen molar-refractivity contribution in [3.8, 4) is 0 Å². The van der Waals surface area contributed by atoms with Gasteiger partial charge >= 0.3 is 0 Å². The van der Waals surface area contributed by atoms with E-state index < -0.39 is 0 Å². The monoisotopic (exact) mass is 224 g/mol. The van der Waals surface area contributed by atoms with Gasteiger partial charge in [0.05, 0.1) is 0 Å². The summed E-state index contributed by atoms with van der Waals surface area (Å²) in [5.41, 5.74) is 0. The lowest BCUT2D eigenvalue weighted by molar-refractivity contribution is -0.125. The average molecular weight is 224 g/mol. The highest BCUT2D eigenvalue weighted by Gasteiger charge is 2.27. The second-order valence-electron chi connectivity index (χ2n) is 6.04. The van der Waals surface area contributed by atoms with E-state index in [1.807, 2.05) is 0 Å². The minimum Gasteiger partial charge on any atom is -0.299 e. The van der Waals surface area contributed by atoms with Gasteiger partial charge < -0.3 is 0 Å². The Balaban J connectivity index is 2.33. The summed E-state index contributed by atoms with van der Waals surface area (Å²) in [7, 11) is 0. The summed E-state index contributed by atoms with van der Waals surface area (Å²) in [6, 6.07) is 0. The van der Waals surface area contributed by atoms with E-state index in [-0.39, 0.29) is 0 Å². The molecule has 0 N–H and O–H groups in total. The average Bonchev–Trinajstić information content (AvgIpc) is 2.28. The number of ketones is 1. The molecule has 1 unspecified atom stereocenters. The molecule has 0 spiro atoms. The standard InChI is InChI=1S/C15H28O/c1-5-12(4)10-15(16)14-8-6-13(7-9-14)11(2)3/h11-14H,5-10H2,1-4H3. The molecule has 0 bridgehead atoms. The predicted molar refractivity (Wildman–Crippen MR) is 69.4 cm³/mol. The van der Waals surface area contributed by atoms with Crippen LogP contribution in [0, 0.1) is 23.7 Å². The van der Waals surface area contributed by atoms with Gasteiger partial charge in [-0.3, -0.25) is 4.79 Å². The third kappa shape index (κ3) is 3.92. The highest BCUT2D eigenvalue weighted by molar-refractivity contribution is 5.81. The minimum atomic E-state index is 0.393. The van der Waals surface area contributed by atoms with Crippen molar-refractivity contribution in [3.05, 3.63) is 0 Å².